The van der Waals surface area contributed by atoms with Crippen LogP contribution in [-0.4, -0.2) is 36.6 Å². The van der Waals surface area contributed by atoms with E-state index in [0.29, 0.717) is 6.61 Å². The molecular formula is C15H26N2O2. The highest BCUT2D eigenvalue weighted by Crippen LogP contribution is 2.23. The quantitative estimate of drug-likeness (QED) is 0.694. The summed E-state index contributed by atoms with van der Waals surface area (Å²) in [6.45, 7) is 8.08. The predicted molar refractivity (Wildman–Crippen MR) is 74.5 cm³/mol. The van der Waals surface area contributed by atoms with E-state index in [9.17, 15) is 4.79 Å². The standard InChI is InChI=1S/C15H26N2O2/c1-4-19-14(18)13-8-5-6-10-17(13)11-7-9-15(2,3)12-16/h13H,4-11H2,1-3H3. The van der Waals surface area contributed by atoms with Crippen LogP contribution < -0.4 is 0 Å². The fraction of sp³-hybridized carbons (Fsp3) is 0.867. The van der Waals surface area contributed by atoms with Gasteiger partial charge in [0.1, 0.15) is 6.04 Å². The summed E-state index contributed by atoms with van der Waals surface area (Å²) in [4.78, 5) is 14.1. The number of nitrogens with zero attached hydrogens (tertiary/aromatic N) is 2. The Hall–Kier alpha value is -1.08. The van der Waals surface area contributed by atoms with Crippen molar-refractivity contribution in [3.8, 4) is 6.07 Å². The third-order valence-corrected chi connectivity index (χ3v) is 3.72. The van der Waals surface area contributed by atoms with E-state index in [1.54, 1.807) is 0 Å². The highest BCUT2D eigenvalue weighted by molar-refractivity contribution is 5.75. The summed E-state index contributed by atoms with van der Waals surface area (Å²) in [7, 11) is 0. The molecule has 4 nitrogen and oxygen atoms in total. The van der Waals surface area contributed by atoms with E-state index in [4.69, 9.17) is 10.00 Å². The van der Waals surface area contributed by atoms with Gasteiger partial charge in [0, 0.05) is 0 Å². The molecule has 1 rings (SSSR count). The molecule has 0 amide bonds. The smallest absolute Gasteiger partial charge is 0.323 e. The Labute approximate surface area is 116 Å². The molecule has 0 aromatic heterocycles. The zero-order chi connectivity index (χ0) is 14.3. The van der Waals surface area contributed by atoms with Gasteiger partial charge in [0.15, 0.2) is 0 Å². The predicted octanol–water partition coefficient (Wildman–Crippen LogP) is 2.73. The van der Waals surface area contributed by atoms with Gasteiger partial charge in [0.05, 0.1) is 18.1 Å². The van der Waals surface area contributed by atoms with Crippen LogP contribution in [0.4, 0.5) is 0 Å². The van der Waals surface area contributed by atoms with E-state index in [2.05, 4.69) is 11.0 Å². The molecule has 0 aromatic rings. The molecule has 0 spiro atoms. The van der Waals surface area contributed by atoms with Gasteiger partial charge >= 0.3 is 5.97 Å². The van der Waals surface area contributed by atoms with E-state index in [1.165, 1.54) is 0 Å². The maximum Gasteiger partial charge on any atom is 0.323 e. The minimum absolute atomic E-state index is 0.0705. The van der Waals surface area contributed by atoms with Crippen molar-refractivity contribution in [3.05, 3.63) is 0 Å². The number of carbonyl (C=O) groups is 1. The van der Waals surface area contributed by atoms with Gasteiger partial charge in [-0.1, -0.05) is 6.42 Å². The van der Waals surface area contributed by atoms with Gasteiger partial charge in [-0.05, 0) is 59.5 Å². The minimum atomic E-state index is -0.269. The lowest BCUT2D eigenvalue weighted by molar-refractivity contribution is -0.150. The molecule has 1 saturated heterocycles. The van der Waals surface area contributed by atoms with Gasteiger partial charge in [0.25, 0.3) is 0 Å². The van der Waals surface area contributed by atoms with Crippen LogP contribution in [0.15, 0.2) is 0 Å². The summed E-state index contributed by atoms with van der Waals surface area (Å²) in [6, 6.07) is 2.25. The van der Waals surface area contributed by atoms with Crippen LogP contribution in [0, 0.1) is 16.7 Å². The molecule has 4 heteroatoms. The second-order valence-electron chi connectivity index (χ2n) is 5.90. The Balaban J connectivity index is 2.45. The Morgan fingerprint density at radius 2 is 2.21 bits per heavy atom. The topological polar surface area (TPSA) is 53.3 Å². The lowest BCUT2D eigenvalue weighted by atomic mass is 9.89. The molecule has 0 N–H and O–H groups in total. The van der Waals surface area contributed by atoms with Gasteiger partial charge in [-0.3, -0.25) is 9.69 Å². The molecule has 0 bridgehead atoms. The van der Waals surface area contributed by atoms with Crippen molar-refractivity contribution < 1.29 is 9.53 Å². The second-order valence-corrected chi connectivity index (χ2v) is 5.90. The average molecular weight is 266 g/mol. The van der Waals surface area contributed by atoms with Crippen molar-refractivity contribution in [1.82, 2.24) is 4.90 Å². The van der Waals surface area contributed by atoms with Crippen molar-refractivity contribution in [1.29, 1.82) is 5.26 Å². The molecule has 1 aliphatic heterocycles. The normalized spacial score (nSPS) is 20.8. The van der Waals surface area contributed by atoms with Gasteiger partial charge in [0.2, 0.25) is 0 Å². The Morgan fingerprint density at radius 3 is 2.84 bits per heavy atom. The van der Waals surface area contributed by atoms with E-state index in [1.807, 2.05) is 20.8 Å². The molecule has 0 aromatic carbocycles. The second kappa shape index (κ2) is 7.49. The van der Waals surface area contributed by atoms with E-state index in [-0.39, 0.29) is 17.4 Å². The molecule has 1 unspecified atom stereocenters. The molecule has 0 radical (unpaired) electrons. The molecule has 19 heavy (non-hydrogen) atoms. The third-order valence-electron chi connectivity index (χ3n) is 3.72. The number of carbonyl (C=O) groups excluding carboxylic acids is 1. The van der Waals surface area contributed by atoms with Crippen molar-refractivity contribution >= 4 is 5.97 Å². The highest BCUT2D eigenvalue weighted by atomic mass is 16.5. The summed E-state index contributed by atoms with van der Waals surface area (Å²) >= 11 is 0. The lowest BCUT2D eigenvalue weighted by Gasteiger charge is -2.34. The zero-order valence-corrected chi connectivity index (χ0v) is 12.4. The number of hydrogen-bond acceptors (Lipinski definition) is 4. The van der Waals surface area contributed by atoms with E-state index >= 15 is 0 Å². The number of piperidine rings is 1. The number of hydrogen-bond donors (Lipinski definition) is 0. The molecule has 1 atom stereocenters. The highest BCUT2D eigenvalue weighted by Gasteiger charge is 2.29. The lowest BCUT2D eigenvalue weighted by Crippen LogP contribution is -2.46. The molecule has 108 valence electrons. The third kappa shape index (κ3) is 5.20. The van der Waals surface area contributed by atoms with Crippen LogP contribution in [0.5, 0.6) is 0 Å². The summed E-state index contributed by atoms with van der Waals surface area (Å²) in [5.41, 5.74) is -0.269. The van der Waals surface area contributed by atoms with Gasteiger partial charge < -0.3 is 4.74 Å². The van der Waals surface area contributed by atoms with Crippen LogP contribution in [0.2, 0.25) is 0 Å². The van der Waals surface area contributed by atoms with Crippen molar-refractivity contribution in [3.63, 3.8) is 0 Å². The van der Waals surface area contributed by atoms with E-state index in [0.717, 1.165) is 45.2 Å². The van der Waals surface area contributed by atoms with Gasteiger partial charge in [-0.2, -0.15) is 5.26 Å². The van der Waals surface area contributed by atoms with Crippen LogP contribution in [-0.2, 0) is 9.53 Å². The average Bonchev–Trinajstić information content (AvgIpc) is 2.39. The molecule has 1 aliphatic rings. The first-order chi connectivity index (χ1) is 9.00. The number of esters is 1. The minimum Gasteiger partial charge on any atom is -0.465 e. The maximum absolute atomic E-state index is 11.9. The molecule has 0 aliphatic carbocycles. The number of rotatable bonds is 6. The van der Waals surface area contributed by atoms with Crippen LogP contribution >= 0.6 is 0 Å². The summed E-state index contributed by atoms with van der Waals surface area (Å²) < 4.78 is 5.15. The first-order valence-electron chi connectivity index (χ1n) is 7.32. The molecule has 1 heterocycles. The van der Waals surface area contributed by atoms with Crippen molar-refractivity contribution in [2.24, 2.45) is 5.41 Å². The number of ether oxygens (including phenoxy) is 1. The van der Waals surface area contributed by atoms with Crippen LogP contribution in [0.25, 0.3) is 0 Å². The molecule has 0 saturated carbocycles. The fourth-order valence-corrected chi connectivity index (χ4v) is 2.54. The van der Waals surface area contributed by atoms with Crippen LogP contribution in [0.1, 0.15) is 52.9 Å². The molecule has 1 fully saturated rings. The Kier molecular flexibility index (Phi) is 6.30. The van der Waals surface area contributed by atoms with Gasteiger partial charge in [-0.15, -0.1) is 0 Å². The van der Waals surface area contributed by atoms with Crippen molar-refractivity contribution in [2.45, 2.75) is 58.9 Å². The van der Waals surface area contributed by atoms with Crippen LogP contribution in [0.3, 0.4) is 0 Å². The Bertz CT molecular complexity index is 334. The summed E-state index contributed by atoms with van der Waals surface area (Å²) in [5.74, 6) is -0.0817. The first kappa shape index (κ1) is 16.0. The monoisotopic (exact) mass is 266 g/mol. The maximum atomic E-state index is 11.9. The Morgan fingerprint density at radius 1 is 1.47 bits per heavy atom. The summed E-state index contributed by atoms with van der Waals surface area (Å²) in [6.07, 6.45) is 4.98. The van der Waals surface area contributed by atoms with E-state index < -0.39 is 0 Å². The first-order valence-corrected chi connectivity index (χ1v) is 7.32. The zero-order valence-electron chi connectivity index (χ0n) is 12.4. The largest absolute Gasteiger partial charge is 0.465 e. The molecular weight excluding hydrogens is 240 g/mol. The van der Waals surface area contributed by atoms with Gasteiger partial charge in [-0.25, -0.2) is 0 Å². The summed E-state index contributed by atoms with van der Waals surface area (Å²) in [5, 5.41) is 9.00. The van der Waals surface area contributed by atoms with Crippen molar-refractivity contribution in [2.75, 3.05) is 19.7 Å². The SMILES string of the molecule is CCOC(=O)C1CCCCN1CCCC(C)(C)C#N. The number of likely N-dealkylation sites (tertiary alicyclic amines) is 1. The fourth-order valence-electron chi connectivity index (χ4n) is 2.54. The number of nitriles is 1.